The molecule has 0 aliphatic carbocycles. The van der Waals surface area contributed by atoms with Gasteiger partial charge in [0.1, 0.15) is 5.75 Å². The van der Waals surface area contributed by atoms with Gasteiger partial charge in [0.25, 0.3) is 0 Å². The number of carboxylic acid groups (broad SMARTS) is 1. The summed E-state index contributed by atoms with van der Waals surface area (Å²) in [5.74, 6) is -0.421. The molecule has 21 heavy (non-hydrogen) atoms. The topological polar surface area (TPSA) is 75.2 Å². The van der Waals surface area contributed by atoms with Crippen molar-refractivity contribution in [3.63, 3.8) is 0 Å². The molecular weight excluding hydrogens is 292 g/mol. The highest BCUT2D eigenvalue weighted by Gasteiger charge is 2.15. The Kier molecular flexibility index (Phi) is 3.27. The Labute approximate surface area is 125 Å². The molecular formula is C15H11ClN2O3. The lowest BCUT2D eigenvalue weighted by Gasteiger charge is -2.04. The van der Waals surface area contributed by atoms with Crippen molar-refractivity contribution in [1.82, 2.24) is 10.2 Å². The molecule has 0 unspecified atom stereocenters. The van der Waals surface area contributed by atoms with Gasteiger partial charge in [0.05, 0.1) is 28.9 Å². The Morgan fingerprint density at radius 3 is 2.81 bits per heavy atom. The number of halogens is 1. The average molecular weight is 303 g/mol. The van der Waals surface area contributed by atoms with E-state index in [-0.39, 0.29) is 5.56 Å². The predicted octanol–water partition coefficient (Wildman–Crippen LogP) is 3.59. The van der Waals surface area contributed by atoms with E-state index in [9.17, 15) is 9.90 Å². The van der Waals surface area contributed by atoms with E-state index >= 15 is 0 Å². The quantitative estimate of drug-likeness (QED) is 0.775. The minimum Gasteiger partial charge on any atom is -0.495 e. The highest BCUT2D eigenvalue weighted by atomic mass is 35.5. The van der Waals surface area contributed by atoms with E-state index < -0.39 is 5.97 Å². The Balaban J connectivity index is 2.20. The number of para-hydroxylation sites is 1. The van der Waals surface area contributed by atoms with E-state index in [0.29, 0.717) is 22.0 Å². The second kappa shape index (κ2) is 5.10. The summed E-state index contributed by atoms with van der Waals surface area (Å²) < 4.78 is 5.12. The highest BCUT2D eigenvalue weighted by molar-refractivity contribution is 6.32. The predicted molar refractivity (Wildman–Crippen MR) is 80.1 cm³/mol. The lowest BCUT2D eigenvalue weighted by molar-refractivity contribution is 0.0699. The Hall–Kier alpha value is -2.53. The summed E-state index contributed by atoms with van der Waals surface area (Å²) in [7, 11) is 1.55. The van der Waals surface area contributed by atoms with Crippen molar-refractivity contribution in [2.45, 2.75) is 0 Å². The van der Waals surface area contributed by atoms with Gasteiger partial charge in [0.2, 0.25) is 0 Å². The number of benzene rings is 2. The fourth-order valence-corrected chi connectivity index (χ4v) is 2.51. The number of hydrogen-bond donors (Lipinski definition) is 2. The molecule has 2 N–H and O–H groups in total. The van der Waals surface area contributed by atoms with Crippen LogP contribution < -0.4 is 4.74 Å². The summed E-state index contributed by atoms with van der Waals surface area (Å²) in [4.78, 5) is 11.2. The first-order valence-corrected chi connectivity index (χ1v) is 6.54. The van der Waals surface area contributed by atoms with Crippen molar-refractivity contribution in [3.05, 3.63) is 47.0 Å². The monoisotopic (exact) mass is 302 g/mol. The first-order valence-electron chi connectivity index (χ1n) is 6.16. The summed E-state index contributed by atoms with van der Waals surface area (Å²) in [5, 5.41) is 17.4. The van der Waals surface area contributed by atoms with E-state index in [0.717, 1.165) is 10.9 Å². The van der Waals surface area contributed by atoms with Crippen LogP contribution in [0.4, 0.5) is 0 Å². The van der Waals surface area contributed by atoms with Crippen LogP contribution in [0.2, 0.25) is 5.02 Å². The number of aromatic amines is 1. The Morgan fingerprint density at radius 1 is 1.33 bits per heavy atom. The number of nitrogens with one attached hydrogen (secondary N) is 1. The van der Waals surface area contributed by atoms with Gasteiger partial charge in [-0.25, -0.2) is 4.79 Å². The molecule has 0 fully saturated rings. The zero-order chi connectivity index (χ0) is 15.0. The van der Waals surface area contributed by atoms with Crippen LogP contribution in [0.1, 0.15) is 10.4 Å². The van der Waals surface area contributed by atoms with Crippen molar-refractivity contribution in [3.8, 4) is 17.0 Å². The fraction of sp³-hybridized carbons (Fsp3) is 0.0667. The van der Waals surface area contributed by atoms with Gasteiger partial charge in [-0.1, -0.05) is 23.7 Å². The number of nitrogens with zero attached hydrogens (tertiary/aromatic N) is 1. The SMILES string of the molecule is COc1ccc(-c2n[nH]c3c(C(=O)O)cccc23)cc1Cl. The molecule has 3 aromatic rings. The molecule has 0 atom stereocenters. The van der Waals surface area contributed by atoms with Crippen LogP contribution >= 0.6 is 11.6 Å². The van der Waals surface area contributed by atoms with E-state index in [1.54, 1.807) is 25.3 Å². The second-order valence-electron chi connectivity index (χ2n) is 4.45. The largest absolute Gasteiger partial charge is 0.495 e. The normalized spacial score (nSPS) is 10.8. The van der Waals surface area contributed by atoms with E-state index in [4.69, 9.17) is 16.3 Å². The van der Waals surface area contributed by atoms with E-state index in [1.165, 1.54) is 6.07 Å². The third-order valence-electron chi connectivity index (χ3n) is 3.25. The molecule has 5 nitrogen and oxygen atoms in total. The summed E-state index contributed by atoms with van der Waals surface area (Å²) >= 11 is 6.12. The van der Waals surface area contributed by atoms with Gasteiger partial charge >= 0.3 is 5.97 Å². The average Bonchev–Trinajstić information content (AvgIpc) is 2.90. The number of methoxy groups -OCH3 is 1. The van der Waals surface area contributed by atoms with Gasteiger partial charge in [-0.05, 0) is 24.3 Å². The minimum absolute atomic E-state index is 0.186. The molecule has 1 heterocycles. The van der Waals surface area contributed by atoms with Crippen molar-refractivity contribution >= 4 is 28.5 Å². The number of ether oxygens (including phenoxy) is 1. The zero-order valence-corrected chi connectivity index (χ0v) is 11.8. The molecule has 2 aromatic carbocycles. The van der Waals surface area contributed by atoms with Crippen LogP contribution in [-0.4, -0.2) is 28.4 Å². The van der Waals surface area contributed by atoms with Crippen molar-refractivity contribution in [2.75, 3.05) is 7.11 Å². The van der Waals surface area contributed by atoms with Crippen LogP contribution in [0.25, 0.3) is 22.2 Å². The van der Waals surface area contributed by atoms with Gasteiger partial charge in [-0.15, -0.1) is 0 Å². The molecule has 0 spiro atoms. The lowest BCUT2D eigenvalue weighted by atomic mass is 10.1. The van der Waals surface area contributed by atoms with Gasteiger partial charge in [0, 0.05) is 10.9 Å². The third kappa shape index (κ3) is 2.21. The van der Waals surface area contributed by atoms with Gasteiger partial charge in [-0.2, -0.15) is 5.10 Å². The second-order valence-corrected chi connectivity index (χ2v) is 4.86. The van der Waals surface area contributed by atoms with Crippen molar-refractivity contribution in [2.24, 2.45) is 0 Å². The van der Waals surface area contributed by atoms with Crippen LogP contribution in [0, 0.1) is 0 Å². The molecule has 0 aliphatic rings. The first kappa shape index (κ1) is 13.5. The number of aromatic nitrogens is 2. The number of carboxylic acids is 1. The zero-order valence-electron chi connectivity index (χ0n) is 11.1. The van der Waals surface area contributed by atoms with Crippen LogP contribution in [0.5, 0.6) is 5.75 Å². The summed E-state index contributed by atoms with van der Waals surface area (Å²) in [6.45, 7) is 0. The number of hydrogen-bond acceptors (Lipinski definition) is 3. The number of H-pyrrole nitrogens is 1. The standard InChI is InChI=1S/C15H11ClN2O3/c1-21-12-6-5-8(7-11(12)16)13-9-3-2-4-10(15(19)20)14(9)18-17-13/h2-7H,1H3,(H,17,18)(H,19,20). The molecule has 1 aromatic heterocycles. The van der Waals surface area contributed by atoms with Crippen molar-refractivity contribution in [1.29, 1.82) is 0 Å². The van der Waals surface area contributed by atoms with Gasteiger partial charge < -0.3 is 9.84 Å². The Bertz CT molecular complexity index is 842. The molecule has 0 radical (unpaired) electrons. The van der Waals surface area contributed by atoms with Crippen LogP contribution in [-0.2, 0) is 0 Å². The summed E-state index contributed by atoms with van der Waals surface area (Å²) in [6.07, 6.45) is 0. The first-order chi connectivity index (χ1) is 10.1. The van der Waals surface area contributed by atoms with Gasteiger partial charge in [-0.3, -0.25) is 5.10 Å². The van der Waals surface area contributed by atoms with E-state index in [2.05, 4.69) is 10.2 Å². The fourth-order valence-electron chi connectivity index (χ4n) is 2.25. The number of rotatable bonds is 3. The van der Waals surface area contributed by atoms with Gasteiger partial charge in [0.15, 0.2) is 0 Å². The third-order valence-corrected chi connectivity index (χ3v) is 3.55. The van der Waals surface area contributed by atoms with E-state index in [1.807, 2.05) is 12.1 Å². The maximum Gasteiger partial charge on any atom is 0.337 e. The summed E-state index contributed by atoms with van der Waals surface area (Å²) in [5.41, 5.74) is 2.12. The highest BCUT2D eigenvalue weighted by Crippen LogP contribution is 2.33. The number of aromatic carboxylic acids is 1. The van der Waals surface area contributed by atoms with Crippen molar-refractivity contribution < 1.29 is 14.6 Å². The molecule has 6 heteroatoms. The lowest BCUT2D eigenvalue weighted by Crippen LogP contribution is -1.96. The molecule has 0 aliphatic heterocycles. The number of fused-ring (bicyclic) bond motifs is 1. The maximum absolute atomic E-state index is 11.2. The molecule has 3 rings (SSSR count). The molecule has 106 valence electrons. The van der Waals surface area contributed by atoms with Crippen LogP contribution in [0.3, 0.4) is 0 Å². The minimum atomic E-state index is -0.997. The molecule has 0 saturated carbocycles. The number of carbonyl (C=O) groups is 1. The summed E-state index contributed by atoms with van der Waals surface area (Å²) in [6, 6.07) is 10.4. The molecule has 0 bridgehead atoms. The Morgan fingerprint density at radius 2 is 2.14 bits per heavy atom. The molecule has 0 saturated heterocycles. The smallest absolute Gasteiger partial charge is 0.337 e. The molecule has 0 amide bonds. The maximum atomic E-state index is 11.2. The van der Waals surface area contributed by atoms with Crippen LogP contribution in [0.15, 0.2) is 36.4 Å².